The summed E-state index contributed by atoms with van der Waals surface area (Å²) >= 11 is 0. The van der Waals surface area contributed by atoms with Gasteiger partial charge in [0.15, 0.2) is 0 Å². The number of rotatable bonds is 5. The van der Waals surface area contributed by atoms with Gasteiger partial charge in [-0.2, -0.15) is 17.5 Å². The SMILES string of the molecule is Cc1c(NC(=O)C2CCN(S(=O)(=O)c3cccc(C(F)(F)F)c3)CC2)cccc1[N+](=O)[O-]. The molecule has 0 saturated carbocycles. The van der Waals surface area contributed by atoms with Crippen LogP contribution < -0.4 is 5.32 Å². The molecular formula is C20H20F3N3O5S. The predicted molar refractivity (Wildman–Crippen MR) is 109 cm³/mol. The van der Waals surface area contributed by atoms with Gasteiger partial charge in [0.2, 0.25) is 15.9 Å². The zero-order chi connectivity index (χ0) is 23.7. The average Bonchev–Trinajstić information content (AvgIpc) is 2.74. The van der Waals surface area contributed by atoms with Crippen LogP contribution in [0.25, 0.3) is 0 Å². The van der Waals surface area contributed by atoms with Crippen molar-refractivity contribution < 1.29 is 31.3 Å². The van der Waals surface area contributed by atoms with Crippen LogP contribution in [-0.2, 0) is 21.0 Å². The summed E-state index contributed by atoms with van der Waals surface area (Å²) in [7, 11) is -4.15. The Kier molecular flexibility index (Phi) is 6.56. The standard InChI is InChI=1S/C20H20F3N3O5S/c1-13-17(6-3-7-18(13)26(28)29)24-19(27)14-8-10-25(11-9-14)32(30,31)16-5-2-4-15(12-16)20(21,22)23/h2-7,12,14H,8-11H2,1H3,(H,24,27). The molecule has 0 aromatic heterocycles. The van der Waals surface area contributed by atoms with Crippen LogP contribution in [0.1, 0.15) is 24.0 Å². The number of carbonyl (C=O) groups is 1. The fraction of sp³-hybridized carbons (Fsp3) is 0.350. The number of hydrogen-bond donors (Lipinski definition) is 1. The van der Waals surface area contributed by atoms with E-state index in [0.29, 0.717) is 17.3 Å². The van der Waals surface area contributed by atoms with Crippen LogP contribution in [0.3, 0.4) is 0 Å². The Labute approximate surface area is 182 Å². The molecule has 0 unspecified atom stereocenters. The molecule has 0 atom stereocenters. The Bertz CT molecular complexity index is 1140. The maximum atomic E-state index is 12.9. The number of nitrogens with zero attached hydrogens (tertiary/aromatic N) is 2. The second-order valence-electron chi connectivity index (χ2n) is 7.40. The molecule has 0 bridgehead atoms. The molecule has 1 aliphatic rings. The summed E-state index contributed by atoms with van der Waals surface area (Å²) in [5.41, 5.74) is -0.594. The van der Waals surface area contributed by atoms with E-state index in [4.69, 9.17) is 0 Å². The van der Waals surface area contributed by atoms with Gasteiger partial charge in [-0.1, -0.05) is 12.1 Å². The average molecular weight is 471 g/mol. The molecule has 1 heterocycles. The van der Waals surface area contributed by atoms with Crippen LogP contribution in [0.4, 0.5) is 24.5 Å². The van der Waals surface area contributed by atoms with E-state index in [-0.39, 0.29) is 31.6 Å². The van der Waals surface area contributed by atoms with Gasteiger partial charge in [0.25, 0.3) is 5.69 Å². The first kappa shape index (κ1) is 23.7. The minimum absolute atomic E-state index is 0.0371. The molecule has 1 amide bonds. The fourth-order valence-electron chi connectivity index (χ4n) is 3.53. The molecular weight excluding hydrogens is 451 g/mol. The van der Waals surface area contributed by atoms with E-state index in [2.05, 4.69) is 5.32 Å². The van der Waals surface area contributed by atoms with Gasteiger partial charge in [0.1, 0.15) is 0 Å². The Balaban J connectivity index is 1.68. The van der Waals surface area contributed by atoms with Gasteiger partial charge in [0.05, 0.1) is 26.6 Å². The van der Waals surface area contributed by atoms with Crippen molar-refractivity contribution in [1.82, 2.24) is 4.31 Å². The van der Waals surface area contributed by atoms with E-state index in [9.17, 15) is 36.5 Å². The number of nitrogens with one attached hydrogen (secondary N) is 1. The van der Waals surface area contributed by atoms with Crippen molar-refractivity contribution in [2.75, 3.05) is 18.4 Å². The van der Waals surface area contributed by atoms with Gasteiger partial charge in [-0.25, -0.2) is 8.42 Å². The Morgan fingerprint density at radius 2 is 1.78 bits per heavy atom. The van der Waals surface area contributed by atoms with Crippen molar-refractivity contribution in [3.05, 3.63) is 63.7 Å². The highest BCUT2D eigenvalue weighted by Crippen LogP contribution is 2.32. The van der Waals surface area contributed by atoms with Crippen LogP contribution in [0.2, 0.25) is 0 Å². The van der Waals surface area contributed by atoms with E-state index in [1.54, 1.807) is 0 Å². The maximum absolute atomic E-state index is 12.9. The Hall–Kier alpha value is -2.99. The Morgan fingerprint density at radius 1 is 1.16 bits per heavy atom. The van der Waals surface area contributed by atoms with Crippen LogP contribution >= 0.6 is 0 Å². The minimum atomic E-state index is -4.67. The molecule has 1 aliphatic heterocycles. The lowest BCUT2D eigenvalue weighted by molar-refractivity contribution is -0.385. The number of amides is 1. The van der Waals surface area contributed by atoms with E-state index >= 15 is 0 Å². The number of nitro benzene ring substituents is 1. The van der Waals surface area contributed by atoms with Gasteiger partial charge in [-0.05, 0) is 44.0 Å². The molecule has 0 aliphatic carbocycles. The van der Waals surface area contributed by atoms with Crippen molar-refractivity contribution in [3.63, 3.8) is 0 Å². The predicted octanol–water partition coefficient (Wildman–Crippen LogP) is 3.96. The number of halogens is 3. The third-order valence-corrected chi connectivity index (χ3v) is 7.28. The monoisotopic (exact) mass is 471 g/mol. The molecule has 2 aromatic carbocycles. The summed E-state index contributed by atoms with van der Waals surface area (Å²) in [6.45, 7) is 1.44. The zero-order valence-corrected chi connectivity index (χ0v) is 17.7. The zero-order valence-electron chi connectivity index (χ0n) is 16.9. The normalized spacial score (nSPS) is 16.0. The molecule has 0 radical (unpaired) electrons. The van der Waals surface area contributed by atoms with Crippen molar-refractivity contribution in [1.29, 1.82) is 0 Å². The van der Waals surface area contributed by atoms with Crippen LogP contribution in [0.5, 0.6) is 0 Å². The van der Waals surface area contributed by atoms with Crippen molar-refractivity contribution in [2.45, 2.75) is 30.8 Å². The van der Waals surface area contributed by atoms with Crippen LogP contribution in [-0.4, -0.2) is 36.6 Å². The van der Waals surface area contributed by atoms with Crippen LogP contribution in [0, 0.1) is 23.0 Å². The highest BCUT2D eigenvalue weighted by Gasteiger charge is 2.35. The molecule has 1 saturated heterocycles. The third-order valence-electron chi connectivity index (χ3n) is 5.38. The lowest BCUT2D eigenvalue weighted by Crippen LogP contribution is -2.41. The van der Waals surface area contributed by atoms with E-state index in [1.165, 1.54) is 25.1 Å². The number of nitro groups is 1. The molecule has 2 aromatic rings. The summed E-state index contributed by atoms with van der Waals surface area (Å²) in [5.74, 6) is -0.939. The second kappa shape index (κ2) is 8.87. The number of piperidine rings is 1. The maximum Gasteiger partial charge on any atom is 0.416 e. The van der Waals surface area contributed by atoms with Crippen molar-refractivity contribution in [2.24, 2.45) is 5.92 Å². The number of anilines is 1. The van der Waals surface area contributed by atoms with Gasteiger partial charge >= 0.3 is 6.18 Å². The van der Waals surface area contributed by atoms with Gasteiger partial charge in [0, 0.05) is 25.1 Å². The third kappa shape index (κ3) is 4.91. The first-order valence-electron chi connectivity index (χ1n) is 9.63. The number of carbonyl (C=O) groups excluding carboxylic acids is 1. The lowest BCUT2D eigenvalue weighted by Gasteiger charge is -2.30. The summed E-state index contributed by atoms with van der Waals surface area (Å²) in [6, 6.07) is 7.84. The number of alkyl halides is 3. The molecule has 1 fully saturated rings. The number of benzene rings is 2. The highest BCUT2D eigenvalue weighted by atomic mass is 32.2. The molecule has 8 nitrogen and oxygen atoms in total. The molecule has 12 heteroatoms. The van der Waals surface area contributed by atoms with E-state index < -0.39 is 43.4 Å². The topological polar surface area (TPSA) is 110 Å². The quantitative estimate of drug-likeness (QED) is 0.524. The van der Waals surface area contributed by atoms with Gasteiger partial charge in [-0.15, -0.1) is 0 Å². The van der Waals surface area contributed by atoms with Gasteiger partial charge in [-0.3, -0.25) is 14.9 Å². The first-order chi connectivity index (χ1) is 14.9. The second-order valence-corrected chi connectivity index (χ2v) is 9.34. The molecule has 0 spiro atoms. The molecule has 1 N–H and O–H groups in total. The smallest absolute Gasteiger partial charge is 0.325 e. The fourth-order valence-corrected chi connectivity index (χ4v) is 5.05. The molecule has 3 rings (SSSR count). The number of hydrogen-bond acceptors (Lipinski definition) is 5. The van der Waals surface area contributed by atoms with Crippen molar-refractivity contribution in [3.8, 4) is 0 Å². The first-order valence-corrected chi connectivity index (χ1v) is 11.1. The highest BCUT2D eigenvalue weighted by molar-refractivity contribution is 7.89. The van der Waals surface area contributed by atoms with Gasteiger partial charge < -0.3 is 5.32 Å². The lowest BCUT2D eigenvalue weighted by atomic mass is 9.97. The summed E-state index contributed by atoms with van der Waals surface area (Å²) < 4.78 is 65.4. The number of sulfonamides is 1. The van der Waals surface area contributed by atoms with E-state index in [1.807, 2.05) is 0 Å². The minimum Gasteiger partial charge on any atom is -0.325 e. The largest absolute Gasteiger partial charge is 0.416 e. The molecule has 172 valence electrons. The molecule has 32 heavy (non-hydrogen) atoms. The van der Waals surface area contributed by atoms with Crippen molar-refractivity contribution >= 4 is 27.3 Å². The van der Waals surface area contributed by atoms with E-state index in [0.717, 1.165) is 22.5 Å². The summed E-state index contributed by atoms with van der Waals surface area (Å²) in [6.07, 6.45) is -4.34. The summed E-state index contributed by atoms with van der Waals surface area (Å²) in [5, 5.41) is 13.7. The Morgan fingerprint density at radius 3 is 2.38 bits per heavy atom. The van der Waals surface area contributed by atoms with Crippen LogP contribution in [0.15, 0.2) is 47.4 Å². The summed E-state index contributed by atoms with van der Waals surface area (Å²) in [4.78, 5) is 22.7.